The van der Waals surface area contributed by atoms with Crippen molar-refractivity contribution in [3.63, 3.8) is 0 Å². The molecule has 0 aromatic heterocycles. The van der Waals surface area contributed by atoms with E-state index in [0.717, 1.165) is 3.57 Å². The fraction of sp³-hybridized carbons (Fsp3) is 0.364. The van der Waals surface area contributed by atoms with Gasteiger partial charge in [-0.05, 0) is 41.6 Å². The van der Waals surface area contributed by atoms with E-state index < -0.39 is 6.10 Å². The average Bonchev–Trinajstić information content (AvgIpc) is 2.28. The lowest BCUT2D eigenvalue weighted by molar-refractivity contribution is 0.0921. The molecule has 1 rings (SSSR count). The lowest BCUT2D eigenvalue weighted by Gasteiger charge is -2.11. The normalized spacial score (nSPS) is 12.1. The third-order valence-corrected chi connectivity index (χ3v) is 3.57. The predicted molar refractivity (Wildman–Crippen MR) is 74.7 cm³/mol. The first-order chi connectivity index (χ1) is 7.95. The third-order valence-electron chi connectivity index (χ3n) is 2.05. The number of hydrogen-bond acceptors (Lipinski definition) is 3. The second kappa shape index (κ2) is 6.42. The smallest absolute Gasteiger partial charge is 0.255 e. The van der Waals surface area contributed by atoms with Crippen LogP contribution in [-0.2, 0) is 0 Å². The molecular formula is C11H13ClINO3. The number of hydrogen-bond donors (Lipinski definition) is 2. The molecule has 1 amide bonds. The van der Waals surface area contributed by atoms with Crippen molar-refractivity contribution in [2.45, 2.75) is 13.0 Å². The fourth-order valence-electron chi connectivity index (χ4n) is 1.21. The van der Waals surface area contributed by atoms with Crippen molar-refractivity contribution in [2.75, 3.05) is 13.7 Å². The molecule has 17 heavy (non-hydrogen) atoms. The van der Waals surface area contributed by atoms with Crippen LogP contribution >= 0.6 is 34.2 Å². The third kappa shape index (κ3) is 4.01. The quantitative estimate of drug-likeness (QED) is 0.799. The number of aliphatic hydroxyl groups excluding tert-OH is 1. The lowest BCUT2D eigenvalue weighted by Crippen LogP contribution is -2.30. The topological polar surface area (TPSA) is 58.6 Å². The molecular weight excluding hydrogens is 356 g/mol. The SMILES string of the molecule is COc1cc(I)c(Cl)cc1C(=O)NC[C@@H](C)O. The van der Waals surface area contributed by atoms with Crippen LogP contribution in [0.1, 0.15) is 17.3 Å². The summed E-state index contributed by atoms with van der Waals surface area (Å²) in [5.74, 6) is 0.142. The molecule has 0 spiro atoms. The Hall–Kier alpha value is -0.530. The van der Waals surface area contributed by atoms with Crippen molar-refractivity contribution in [3.8, 4) is 5.75 Å². The van der Waals surface area contributed by atoms with Crippen LogP contribution in [0.4, 0.5) is 0 Å². The Morgan fingerprint density at radius 1 is 1.65 bits per heavy atom. The molecule has 0 fully saturated rings. The number of carbonyl (C=O) groups is 1. The predicted octanol–water partition coefficient (Wildman–Crippen LogP) is 2.06. The number of amides is 1. The second-order valence-corrected chi connectivity index (χ2v) is 5.10. The number of methoxy groups -OCH3 is 1. The summed E-state index contributed by atoms with van der Waals surface area (Å²) in [5, 5.41) is 12.2. The van der Waals surface area contributed by atoms with E-state index in [1.165, 1.54) is 7.11 Å². The van der Waals surface area contributed by atoms with Crippen LogP contribution in [0.25, 0.3) is 0 Å². The highest BCUT2D eigenvalue weighted by Gasteiger charge is 2.15. The van der Waals surface area contributed by atoms with Crippen LogP contribution in [0.5, 0.6) is 5.75 Å². The zero-order chi connectivity index (χ0) is 13.0. The van der Waals surface area contributed by atoms with Gasteiger partial charge in [0.1, 0.15) is 5.75 Å². The van der Waals surface area contributed by atoms with Crippen LogP contribution in [0.3, 0.4) is 0 Å². The molecule has 4 nitrogen and oxygen atoms in total. The number of carbonyl (C=O) groups excluding carboxylic acids is 1. The van der Waals surface area contributed by atoms with E-state index in [9.17, 15) is 4.79 Å². The number of halogens is 2. The van der Waals surface area contributed by atoms with Gasteiger partial charge in [0.25, 0.3) is 5.91 Å². The van der Waals surface area contributed by atoms with Crippen molar-refractivity contribution >= 4 is 40.1 Å². The van der Waals surface area contributed by atoms with E-state index in [0.29, 0.717) is 16.3 Å². The van der Waals surface area contributed by atoms with Gasteiger partial charge >= 0.3 is 0 Å². The van der Waals surface area contributed by atoms with Crippen LogP contribution in [0, 0.1) is 3.57 Å². The first-order valence-electron chi connectivity index (χ1n) is 4.95. The Kier molecular flexibility index (Phi) is 5.48. The van der Waals surface area contributed by atoms with E-state index in [2.05, 4.69) is 27.9 Å². The molecule has 0 saturated carbocycles. The summed E-state index contributed by atoms with van der Waals surface area (Å²) < 4.78 is 5.94. The van der Waals surface area contributed by atoms with Crippen LogP contribution < -0.4 is 10.1 Å². The molecule has 0 saturated heterocycles. The number of aliphatic hydroxyl groups is 1. The van der Waals surface area contributed by atoms with Crippen LogP contribution in [0.2, 0.25) is 5.02 Å². The van der Waals surface area contributed by atoms with Crippen LogP contribution in [-0.4, -0.2) is 30.8 Å². The van der Waals surface area contributed by atoms with Crippen molar-refractivity contribution in [2.24, 2.45) is 0 Å². The molecule has 0 aliphatic rings. The van der Waals surface area contributed by atoms with Crippen molar-refractivity contribution in [1.82, 2.24) is 5.32 Å². The van der Waals surface area contributed by atoms with Crippen molar-refractivity contribution in [3.05, 3.63) is 26.3 Å². The minimum atomic E-state index is -0.593. The summed E-state index contributed by atoms with van der Waals surface area (Å²) in [5.41, 5.74) is 0.360. The molecule has 94 valence electrons. The van der Waals surface area contributed by atoms with E-state index >= 15 is 0 Å². The molecule has 0 unspecified atom stereocenters. The minimum absolute atomic E-state index is 0.186. The Bertz CT molecular complexity index is 423. The van der Waals surface area contributed by atoms with Gasteiger partial charge in [0.05, 0.1) is 23.8 Å². The maximum absolute atomic E-state index is 11.8. The Morgan fingerprint density at radius 3 is 2.82 bits per heavy atom. The molecule has 0 aliphatic carbocycles. The van der Waals surface area contributed by atoms with Crippen LogP contribution in [0.15, 0.2) is 12.1 Å². The van der Waals surface area contributed by atoms with E-state index in [1.54, 1.807) is 19.1 Å². The van der Waals surface area contributed by atoms with E-state index in [4.69, 9.17) is 21.4 Å². The highest BCUT2D eigenvalue weighted by molar-refractivity contribution is 14.1. The van der Waals surface area contributed by atoms with Crippen molar-refractivity contribution in [1.29, 1.82) is 0 Å². The molecule has 1 atom stereocenters. The summed E-state index contributed by atoms with van der Waals surface area (Å²) in [6.07, 6.45) is -0.593. The summed E-state index contributed by atoms with van der Waals surface area (Å²) in [7, 11) is 1.49. The highest BCUT2D eigenvalue weighted by atomic mass is 127. The highest BCUT2D eigenvalue weighted by Crippen LogP contribution is 2.28. The minimum Gasteiger partial charge on any atom is -0.496 e. The van der Waals surface area contributed by atoms with Gasteiger partial charge in [0.2, 0.25) is 0 Å². The fourth-order valence-corrected chi connectivity index (χ4v) is 1.81. The average molecular weight is 370 g/mol. The second-order valence-electron chi connectivity index (χ2n) is 3.53. The first kappa shape index (κ1) is 14.5. The largest absolute Gasteiger partial charge is 0.496 e. The summed E-state index contributed by atoms with van der Waals surface area (Å²) in [4.78, 5) is 11.8. The first-order valence-corrected chi connectivity index (χ1v) is 6.40. The van der Waals surface area contributed by atoms with Gasteiger partial charge in [-0.25, -0.2) is 0 Å². The molecule has 6 heteroatoms. The zero-order valence-electron chi connectivity index (χ0n) is 9.46. The summed E-state index contributed by atoms with van der Waals surface area (Å²) in [6, 6.07) is 3.25. The lowest BCUT2D eigenvalue weighted by atomic mass is 10.2. The number of ether oxygens (including phenoxy) is 1. The molecule has 1 aromatic rings. The Labute approximate surface area is 118 Å². The zero-order valence-corrected chi connectivity index (χ0v) is 12.4. The number of rotatable bonds is 4. The molecule has 0 bridgehead atoms. The maximum Gasteiger partial charge on any atom is 0.255 e. The molecule has 0 aliphatic heterocycles. The van der Waals surface area contributed by atoms with Gasteiger partial charge in [-0.3, -0.25) is 4.79 Å². The van der Waals surface area contributed by atoms with Crippen molar-refractivity contribution < 1.29 is 14.6 Å². The number of nitrogens with one attached hydrogen (secondary N) is 1. The summed E-state index contributed by atoms with van der Waals surface area (Å²) in [6.45, 7) is 1.78. The van der Waals surface area contributed by atoms with Gasteiger partial charge in [-0.2, -0.15) is 0 Å². The Balaban J connectivity index is 2.96. The summed E-state index contributed by atoms with van der Waals surface area (Å²) >= 11 is 8.02. The van der Waals surface area contributed by atoms with E-state index in [1.807, 2.05) is 0 Å². The van der Waals surface area contributed by atoms with Gasteiger partial charge in [0, 0.05) is 10.1 Å². The Morgan fingerprint density at radius 2 is 2.29 bits per heavy atom. The monoisotopic (exact) mass is 369 g/mol. The number of benzene rings is 1. The molecule has 1 aromatic carbocycles. The maximum atomic E-state index is 11.8. The van der Waals surface area contributed by atoms with Gasteiger partial charge in [0.15, 0.2) is 0 Å². The van der Waals surface area contributed by atoms with Gasteiger partial charge in [-0.1, -0.05) is 11.6 Å². The van der Waals surface area contributed by atoms with E-state index in [-0.39, 0.29) is 12.5 Å². The van der Waals surface area contributed by atoms with Gasteiger partial charge < -0.3 is 15.2 Å². The van der Waals surface area contributed by atoms with Gasteiger partial charge in [-0.15, -0.1) is 0 Å². The molecule has 0 radical (unpaired) electrons. The standard InChI is InChI=1S/C11H13ClINO3/c1-6(15)5-14-11(16)7-3-8(12)9(13)4-10(7)17-2/h3-4,6,15H,5H2,1-2H3,(H,14,16)/t6-/m1/s1. The molecule has 0 heterocycles. The molecule has 2 N–H and O–H groups in total.